The van der Waals surface area contributed by atoms with Crippen LogP contribution in [0.15, 0.2) is 0 Å². The average molecular weight is 227 g/mol. The van der Waals surface area contributed by atoms with Crippen molar-refractivity contribution in [2.75, 3.05) is 7.11 Å². The van der Waals surface area contributed by atoms with Gasteiger partial charge in [-0.05, 0) is 40.0 Å². The average Bonchev–Trinajstić information content (AvgIpc) is 2.45. The normalized spacial score (nSPS) is 21.8. The van der Waals surface area contributed by atoms with Crippen molar-refractivity contribution in [3.63, 3.8) is 0 Å². The summed E-state index contributed by atoms with van der Waals surface area (Å²) in [5.41, 5.74) is -0.00283. The van der Waals surface area contributed by atoms with Gasteiger partial charge in [-0.15, -0.1) is 0 Å². The van der Waals surface area contributed by atoms with E-state index >= 15 is 0 Å². The smallest absolute Gasteiger partial charge is 0.0637 e. The van der Waals surface area contributed by atoms with E-state index in [9.17, 15) is 0 Å². The van der Waals surface area contributed by atoms with Gasteiger partial charge in [-0.1, -0.05) is 25.7 Å². The van der Waals surface area contributed by atoms with Crippen LogP contribution >= 0.6 is 0 Å². The second-order valence-electron chi connectivity index (χ2n) is 5.92. The van der Waals surface area contributed by atoms with Crippen molar-refractivity contribution >= 4 is 0 Å². The Balaban J connectivity index is 2.29. The molecule has 2 heteroatoms. The summed E-state index contributed by atoms with van der Waals surface area (Å²) in [6.45, 7) is 6.61. The van der Waals surface area contributed by atoms with E-state index in [1.165, 1.54) is 38.5 Å². The van der Waals surface area contributed by atoms with Gasteiger partial charge in [-0.25, -0.2) is 0 Å². The Labute approximate surface area is 101 Å². The molecule has 1 saturated carbocycles. The molecular weight excluding hydrogens is 198 g/mol. The summed E-state index contributed by atoms with van der Waals surface area (Å²) in [6.07, 6.45) is 9.46. The van der Waals surface area contributed by atoms with Crippen molar-refractivity contribution in [2.24, 2.45) is 0 Å². The van der Waals surface area contributed by atoms with Crippen LogP contribution in [0.1, 0.15) is 65.7 Å². The molecule has 0 spiro atoms. The van der Waals surface area contributed by atoms with Crippen LogP contribution in [0.4, 0.5) is 0 Å². The highest BCUT2D eigenvalue weighted by atomic mass is 16.5. The summed E-state index contributed by atoms with van der Waals surface area (Å²) >= 11 is 0. The molecule has 1 atom stereocenters. The molecule has 1 aliphatic rings. The van der Waals surface area contributed by atoms with E-state index in [-0.39, 0.29) is 5.60 Å². The molecule has 96 valence electrons. The highest BCUT2D eigenvalue weighted by Gasteiger charge is 2.22. The van der Waals surface area contributed by atoms with Gasteiger partial charge in [0, 0.05) is 19.2 Å². The second kappa shape index (κ2) is 6.61. The Morgan fingerprint density at radius 1 is 1.19 bits per heavy atom. The number of methoxy groups -OCH3 is 1. The zero-order chi connectivity index (χ0) is 12.0. The molecule has 0 radical (unpaired) electrons. The van der Waals surface area contributed by atoms with E-state index in [4.69, 9.17) is 4.74 Å². The molecule has 1 N–H and O–H groups in total. The molecule has 0 aliphatic heterocycles. The lowest BCUT2D eigenvalue weighted by Gasteiger charge is -2.29. The third-order valence-corrected chi connectivity index (χ3v) is 3.73. The van der Waals surface area contributed by atoms with E-state index in [1.54, 1.807) is 7.11 Å². The van der Waals surface area contributed by atoms with Crippen LogP contribution in [0.5, 0.6) is 0 Å². The summed E-state index contributed by atoms with van der Waals surface area (Å²) in [5, 5.41) is 3.77. The van der Waals surface area contributed by atoms with Crippen molar-refractivity contribution in [2.45, 2.75) is 83.4 Å². The molecule has 1 rings (SSSR count). The predicted molar refractivity (Wildman–Crippen MR) is 69.8 cm³/mol. The number of rotatable bonds is 5. The zero-order valence-corrected chi connectivity index (χ0v) is 11.5. The van der Waals surface area contributed by atoms with Crippen LogP contribution in [0, 0.1) is 0 Å². The Kier molecular flexibility index (Phi) is 5.77. The van der Waals surface area contributed by atoms with Crippen molar-refractivity contribution < 1.29 is 4.74 Å². The molecular formula is C14H29NO. The van der Waals surface area contributed by atoms with Gasteiger partial charge in [-0.3, -0.25) is 0 Å². The Hall–Kier alpha value is -0.0800. The van der Waals surface area contributed by atoms with E-state index in [2.05, 4.69) is 26.1 Å². The number of hydrogen-bond acceptors (Lipinski definition) is 2. The van der Waals surface area contributed by atoms with Gasteiger partial charge in [0.05, 0.1) is 5.60 Å². The molecule has 0 saturated heterocycles. The molecule has 0 amide bonds. The number of ether oxygens (including phenoxy) is 1. The van der Waals surface area contributed by atoms with E-state index < -0.39 is 0 Å². The van der Waals surface area contributed by atoms with Crippen LogP contribution in [-0.2, 0) is 4.74 Å². The van der Waals surface area contributed by atoms with E-state index in [0.717, 1.165) is 12.5 Å². The Bertz CT molecular complexity index is 183. The minimum Gasteiger partial charge on any atom is -0.379 e. The standard InChI is InChI=1S/C14H29NO/c1-12(11-14(2,3)16-4)15-13-9-7-5-6-8-10-13/h12-13,15H,5-11H2,1-4H3. The third kappa shape index (κ3) is 5.31. The first-order valence-electron chi connectivity index (χ1n) is 6.85. The summed E-state index contributed by atoms with van der Waals surface area (Å²) in [7, 11) is 1.80. The highest BCUT2D eigenvalue weighted by molar-refractivity contribution is 4.79. The van der Waals surface area contributed by atoms with Gasteiger partial charge in [0.1, 0.15) is 0 Å². The number of nitrogens with one attached hydrogen (secondary N) is 1. The first kappa shape index (κ1) is 14.0. The lowest BCUT2D eigenvalue weighted by atomic mass is 9.98. The maximum absolute atomic E-state index is 5.48. The molecule has 1 unspecified atom stereocenters. The van der Waals surface area contributed by atoms with Crippen LogP contribution in [0.3, 0.4) is 0 Å². The van der Waals surface area contributed by atoms with Crippen molar-refractivity contribution in [3.05, 3.63) is 0 Å². The predicted octanol–water partition coefficient (Wildman–Crippen LogP) is 3.50. The van der Waals surface area contributed by atoms with Gasteiger partial charge >= 0.3 is 0 Å². The molecule has 0 aromatic heterocycles. The molecule has 0 aromatic rings. The fraction of sp³-hybridized carbons (Fsp3) is 1.00. The van der Waals surface area contributed by atoms with Crippen molar-refractivity contribution in [1.82, 2.24) is 5.32 Å². The highest BCUT2D eigenvalue weighted by Crippen LogP contribution is 2.20. The molecule has 0 aromatic carbocycles. The van der Waals surface area contributed by atoms with Crippen LogP contribution < -0.4 is 5.32 Å². The zero-order valence-electron chi connectivity index (χ0n) is 11.5. The van der Waals surface area contributed by atoms with Gasteiger partial charge in [0.2, 0.25) is 0 Å². The maximum atomic E-state index is 5.48. The van der Waals surface area contributed by atoms with Gasteiger partial charge in [0.25, 0.3) is 0 Å². The molecule has 16 heavy (non-hydrogen) atoms. The minimum atomic E-state index is -0.00283. The van der Waals surface area contributed by atoms with Crippen molar-refractivity contribution in [1.29, 1.82) is 0 Å². The molecule has 2 nitrogen and oxygen atoms in total. The van der Waals surface area contributed by atoms with Gasteiger partial charge < -0.3 is 10.1 Å². The summed E-state index contributed by atoms with van der Waals surface area (Å²) in [4.78, 5) is 0. The number of hydrogen-bond donors (Lipinski definition) is 1. The Morgan fingerprint density at radius 2 is 1.75 bits per heavy atom. The first-order valence-corrected chi connectivity index (χ1v) is 6.85. The molecule has 0 heterocycles. The lowest BCUT2D eigenvalue weighted by molar-refractivity contribution is 0.00754. The SMILES string of the molecule is COC(C)(C)CC(C)NC1CCCCCC1. The molecule has 1 fully saturated rings. The lowest BCUT2D eigenvalue weighted by Crippen LogP contribution is -2.41. The molecule has 0 bridgehead atoms. The summed E-state index contributed by atoms with van der Waals surface area (Å²) in [5.74, 6) is 0. The van der Waals surface area contributed by atoms with Crippen LogP contribution in [0.25, 0.3) is 0 Å². The summed E-state index contributed by atoms with van der Waals surface area (Å²) in [6, 6.07) is 1.29. The van der Waals surface area contributed by atoms with Crippen LogP contribution in [-0.4, -0.2) is 24.8 Å². The third-order valence-electron chi connectivity index (χ3n) is 3.73. The molecule has 1 aliphatic carbocycles. The largest absolute Gasteiger partial charge is 0.379 e. The van der Waals surface area contributed by atoms with Gasteiger partial charge in [-0.2, -0.15) is 0 Å². The second-order valence-corrected chi connectivity index (χ2v) is 5.92. The quantitative estimate of drug-likeness (QED) is 0.726. The topological polar surface area (TPSA) is 21.3 Å². The minimum absolute atomic E-state index is 0.00283. The first-order chi connectivity index (χ1) is 7.53. The van der Waals surface area contributed by atoms with E-state index in [0.29, 0.717) is 6.04 Å². The maximum Gasteiger partial charge on any atom is 0.0637 e. The van der Waals surface area contributed by atoms with Gasteiger partial charge in [0.15, 0.2) is 0 Å². The Morgan fingerprint density at radius 3 is 2.25 bits per heavy atom. The van der Waals surface area contributed by atoms with E-state index in [1.807, 2.05) is 0 Å². The monoisotopic (exact) mass is 227 g/mol. The summed E-state index contributed by atoms with van der Waals surface area (Å²) < 4.78 is 5.48. The van der Waals surface area contributed by atoms with Crippen LogP contribution in [0.2, 0.25) is 0 Å². The van der Waals surface area contributed by atoms with Crippen molar-refractivity contribution in [3.8, 4) is 0 Å². The fourth-order valence-electron chi connectivity index (χ4n) is 2.73. The fourth-order valence-corrected chi connectivity index (χ4v) is 2.73.